The van der Waals surface area contributed by atoms with Gasteiger partial charge >= 0.3 is 0 Å². The minimum atomic E-state index is 0.478. The van der Waals surface area contributed by atoms with E-state index in [1.165, 1.54) is 5.56 Å². The lowest BCUT2D eigenvalue weighted by Gasteiger charge is -2.23. The minimum absolute atomic E-state index is 0.478. The highest BCUT2D eigenvalue weighted by Gasteiger charge is 2.18. The molecule has 2 unspecified atom stereocenters. The third kappa shape index (κ3) is 2.30. The van der Waals surface area contributed by atoms with Gasteiger partial charge in [0, 0.05) is 12.0 Å². The number of benzene rings is 1. The van der Waals surface area contributed by atoms with E-state index in [-0.39, 0.29) is 0 Å². The van der Waals surface area contributed by atoms with Gasteiger partial charge in [-0.2, -0.15) is 0 Å². The van der Waals surface area contributed by atoms with E-state index in [2.05, 4.69) is 60.8 Å². The molecule has 1 heterocycles. The third-order valence-electron chi connectivity index (χ3n) is 2.89. The molecule has 0 amide bonds. The zero-order valence-corrected chi connectivity index (χ0v) is 9.06. The molecule has 0 bridgehead atoms. The molecule has 2 atom stereocenters. The van der Waals surface area contributed by atoms with Crippen LogP contribution in [0, 0.1) is 0 Å². The fourth-order valence-electron chi connectivity index (χ4n) is 2.05. The molecular formula is C14H17N. The smallest absolute Gasteiger partial charge is 0.0356 e. The fraction of sp³-hybridized carbons (Fsp3) is 0.286. The average molecular weight is 199 g/mol. The Morgan fingerprint density at radius 3 is 2.67 bits per heavy atom. The number of rotatable bonds is 2. The first-order valence-electron chi connectivity index (χ1n) is 5.56. The SMILES string of the molecule is CCC1NC=CC=CC1c1ccccc1. The molecule has 0 saturated heterocycles. The molecular weight excluding hydrogens is 182 g/mol. The highest BCUT2D eigenvalue weighted by Crippen LogP contribution is 2.24. The van der Waals surface area contributed by atoms with Crippen LogP contribution in [0.15, 0.2) is 54.8 Å². The van der Waals surface area contributed by atoms with Gasteiger partial charge in [0.2, 0.25) is 0 Å². The van der Waals surface area contributed by atoms with Crippen molar-refractivity contribution < 1.29 is 0 Å². The second kappa shape index (κ2) is 4.83. The number of allylic oxidation sites excluding steroid dienone is 2. The van der Waals surface area contributed by atoms with E-state index in [0.717, 1.165) is 6.42 Å². The molecule has 1 aromatic rings. The summed E-state index contributed by atoms with van der Waals surface area (Å²) in [6.07, 6.45) is 9.63. The third-order valence-corrected chi connectivity index (χ3v) is 2.89. The molecule has 0 fully saturated rings. The van der Waals surface area contributed by atoms with Crippen LogP contribution in [-0.2, 0) is 0 Å². The van der Waals surface area contributed by atoms with Crippen molar-refractivity contribution in [2.75, 3.05) is 0 Å². The Labute approximate surface area is 91.5 Å². The van der Waals surface area contributed by atoms with Crippen molar-refractivity contribution >= 4 is 0 Å². The normalized spacial score (nSPS) is 24.6. The van der Waals surface area contributed by atoms with Gasteiger partial charge < -0.3 is 5.32 Å². The molecule has 78 valence electrons. The van der Waals surface area contributed by atoms with Crippen LogP contribution in [-0.4, -0.2) is 6.04 Å². The molecule has 0 radical (unpaired) electrons. The predicted octanol–water partition coefficient (Wildman–Crippen LogP) is 3.22. The summed E-state index contributed by atoms with van der Waals surface area (Å²) in [4.78, 5) is 0. The molecule has 0 saturated carbocycles. The molecule has 1 aliphatic rings. The minimum Gasteiger partial charge on any atom is -0.387 e. The van der Waals surface area contributed by atoms with Crippen molar-refractivity contribution in [1.29, 1.82) is 0 Å². The van der Waals surface area contributed by atoms with E-state index >= 15 is 0 Å². The van der Waals surface area contributed by atoms with E-state index in [1.54, 1.807) is 0 Å². The molecule has 15 heavy (non-hydrogen) atoms. The van der Waals surface area contributed by atoms with Crippen LogP contribution in [0.4, 0.5) is 0 Å². The Morgan fingerprint density at radius 2 is 1.93 bits per heavy atom. The number of hydrogen-bond donors (Lipinski definition) is 1. The van der Waals surface area contributed by atoms with E-state index in [0.29, 0.717) is 12.0 Å². The summed E-state index contributed by atoms with van der Waals surface area (Å²) in [5.41, 5.74) is 1.39. The highest BCUT2D eigenvalue weighted by atomic mass is 14.9. The maximum atomic E-state index is 3.44. The van der Waals surface area contributed by atoms with E-state index < -0.39 is 0 Å². The average Bonchev–Trinajstić information content (AvgIpc) is 2.55. The largest absolute Gasteiger partial charge is 0.387 e. The first-order chi connectivity index (χ1) is 7.42. The number of hydrogen-bond acceptors (Lipinski definition) is 1. The van der Waals surface area contributed by atoms with Crippen molar-refractivity contribution in [2.45, 2.75) is 25.3 Å². The summed E-state index contributed by atoms with van der Waals surface area (Å²) in [6, 6.07) is 11.2. The van der Waals surface area contributed by atoms with Gasteiger partial charge in [0.25, 0.3) is 0 Å². The van der Waals surface area contributed by atoms with Crippen molar-refractivity contribution in [1.82, 2.24) is 5.32 Å². The standard InChI is InChI=1S/C14H17N/c1-2-14-13(10-6-7-11-15-14)12-8-4-3-5-9-12/h3-11,13-15H,2H2,1H3. The van der Waals surface area contributed by atoms with Gasteiger partial charge in [0.05, 0.1) is 0 Å². The van der Waals surface area contributed by atoms with Gasteiger partial charge in [-0.25, -0.2) is 0 Å². The quantitative estimate of drug-likeness (QED) is 0.771. The Balaban J connectivity index is 2.26. The molecule has 0 spiro atoms. The predicted molar refractivity (Wildman–Crippen MR) is 64.7 cm³/mol. The van der Waals surface area contributed by atoms with Crippen molar-refractivity contribution in [2.24, 2.45) is 0 Å². The number of nitrogens with one attached hydrogen (secondary N) is 1. The van der Waals surface area contributed by atoms with Crippen LogP contribution >= 0.6 is 0 Å². The molecule has 2 rings (SSSR count). The maximum Gasteiger partial charge on any atom is 0.0356 e. The highest BCUT2D eigenvalue weighted by molar-refractivity contribution is 5.28. The van der Waals surface area contributed by atoms with Crippen LogP contribution in [0.1, 0.15) is 24.8 Å². The van der Waals surface area contributed by atoms with Crippen molar-refractivity contribution in [3.8, 4) is 0 Å². The lowest BCUT2D eigenvalue weighted by Crippen LogP contribution is -2.29. The summed E-state index contributed by atoms with van der Waals surface area (Å²) >= 11 is 0. The first kappa shape index (κ1) is 10.0. The lowest BCUT2D eigenvalue weighted by molar-refractivity contribution is 0.522. The molecule has 1 aliphatic heterocycles. The van der Waals surface area contributed by atoms with E-state index in [1.807, 2.05) is 6.20 Å². The summed E-state index contributed by atoms with van der Waals surface area (Å²) in [7, 11) is 0. The summed E-state index contributed by atoms with van der Waals surface area (Å²) < 4.78 is 0. The second-order valence-electron chi connectivity index (χ2n) is 3.86. The van der Waals surface area contributed by atoms with Crippen LogP contribution < -0.4 is 5.32 Å². The van der Waals surface area contributed by atoms with Crippen LogP contribution in [0.5, 0.6) is 0 Å². The van der Waals surface area contributed by atoms with Crippen LogP contribution in [0.3, 0.4) is 0 Å². The van der Waals surface area contributed by atoms with Crippen LogP contribution in [0.25, 0.3) is 0 Å². The molecule has 0 aromatic heterocycles. The molecule has 0 aliphatic carbocycles. The fourth-order valence-corrected chi connectivity index (χ4v) is 2.05. The Morgan fingerprint density at radius 1 is 1.13 bits per heavy atom. The van der Waals surface area contributed by atoms with Gasteiger partial charge in [0.15, 0.2) is 0 Å². The van der Waals surface area contributed by atoms with E-state index in [9.17, 15) is 0 Å². The summed E-state index contributed by atoms with van der Waals surface area (Å²) in [5.74, 6) is 0.478. The zero-order valence-electron chi connectivity index (χ0n) is 9.06. The van der Waals surface area contributed by atoms with Gasteiger partial charge in [-0.05, 0) is 24.3 Å². The lowest BCUT2D eigenvalue weighted by atomic mass is 9.90. The van der Waals surface area contributed by atoms with Gasteiger partial charge in [0.1, 0.15) is 0 Å². The Kier molecular flexibility index (Phi) is 3.23. The first-order valence-corrected chi connectivity index (χ1v) is 5.56. The van der Waals surface area contributed by atoms with Crippen molar-refractivity contribution in [3.63, 3.8) is 0 Å². The molecule has 1 heteroatoms. The molecule has 1 aromatic carbocycles. The summed E-state index contributed by atoms with van der Waals surface area (Å²) in [5, 5.41) is 3.44. The van der Waals surface area contributed by atoms with Gasteiger partial charge in [-0.15, -0.1) is 0 Å². The second-order valence-corrected chi connectivity index (χ2v) is 3.86. The van der Waals surface area contributed by atoms with Crippen molar-refractivity contribution in [3.05, 3.63) is 60.3 Å². The monoisotopic (exact) mass is 199 g/mol. The van der Waals surface area contributed by atoms with Crippen LogP contribution in [0.2, 0.25) is 0 Å². The molecule has 1 N–H and O–H groups in total. The van der Waals surface area contributed by atoms with Gasteiger partial charge in [-0.3, -0.25) is 0 Å². The maximum absolute atomic E-state index is 3.44. The molecule has 1 nitrogen and oxygen atoms in total. The summed E-state index contributed by atoms with van der Waals surface area (Å²) in [6.45, 7) is 2.22. The van der Waals surface area contributed by atoms with Gasteiger partial charge in [-0.1, -0.05) is 49.4 Å². The van der Waals surface area contributed by atoms with E-state index in [4.69, 9.17) is 0 Å². The Hall–Kier alpha value is -1.50. The zero-order chi connectivity index (χ0) is 10.5. The topological polar surface area (TPSA) is 12.0 Å². The Bertz CT molecular complexity index is 351.